The molecule has 2 N–H and O–H groups in total. The molecule has 0 radical (unpaired) electrons. The lowest BCUT2D eigenvalue weighted by Crippen LogP contribution is -2.59. The van der Waals surface area contributed by atoms with Crippen molar-refractivity contribution in [3.63, 3.8) is 0 Å². The molecule has 4 heterocycles. The number of hydrogen-bond acceptors (Lipinski definition) is 7. The van der Waals surface area contributed by atoms with Crippen LogP contribution < -0.4 is 5.73 Å². The first kappa shape index (κ1) is 24.4. The Balaban J connectivity index is 1.80. The number of carbonyl (C=O) groups excluding carboxylic acids is 1. The zero-order valence-electron chi connectivity index (χ0n) is 19.8. The normalized spacial score (nSPS) is 28.3. The maximum absolute atomic E-state index is 15.2. The molecule has 0 saturated heterocycles. The van der Waals surface area contributed by atoms with Gasteiger partial charge in [-0.3, -0.25) is 14.8 Å². The van der Waals surface area contributed by atoms with E-state index in [2.05, 4.69) is 19.3 Å². The fraction of sp³-hybridized carbons (Fsp3) is 0.500. The van der Waals surface area contributed by atoms with Crippen molar-refractivity contribution in [2.75, 3.05) is 6.54 Å². The third-order valence-corrected chi connectivity index (χ3v) is 10.6. The number of ketones is 1. The summed E-state index contributed by atoms with van der Waals surface area (Å²) in [7, 11) is -2.91. The van der Waals surface area contributed by atoms with E-state index in [9.17, 15) is 13.4 Å². The molecular weight excluding hydrogens is 460 g/mol. The first-order chi connectivity index (χ1) is 15.9. The fourth-order valence-corrected chi connectivity index (χ4v) is 8.06. The van der Waals surface area contributed by atoms with Crippen LogP contribution in [-0.4, -0.2) is 42.3 Å². The largest absolute Gasteiger partial charge is 0.386 e. The molecule has 0 unspecified atom stereocenters. The number of fused-ring (bicyclic) bond motifs is 1. The highest BCUT2D eigenvalue weighted by molar-refractivity contribution is 7.96. The van der Waals surface area contributed by atoms with Gasteiger partial charge in [-0.25, -0.2) is 22.3 Å². The Hall–Kier alpha value is -2.75. The molecule has 0 fully saturated rings. The van der Waals surface area contributed by atoms with E-state index in [1.54, 1.807) is 27.7 Å². The van der Waals surface area contributed by atoms with Gasteiger partial charge in [0, 0.05) is 12.2 Å². The number of hydrogen-bond donors (Lipinski definition) is 1. The number of aliphatic imine (C=N–C) groups is 1. The van der Waals surface area contributed by atoms with Gasteiger partial charge in [-0.1, -0.05) is 6.42 Å². The fourth-order valence-electron chi connectivity index (χ4n) is 4.83. The Kier molecular flexibility index (Phi) is 6.08. The van der Waals surface area contributed by atoms with E-state index in [1.165, 1.54) is 18.2 Å². The first-order valence-electron chi connectivity index (χ1n) is 11.3. The van der Waals surface area contributed by atoms with Gasteiger partial charge in [-0.15, -0.1) is 0 Å². The van der Waals surface area contributed by atoms with Crippen molar-refractivity contribution < 1.29 is 17.8 Å². The first-order valence-corrected chi connectivity index (χ1v) is 12.9. The number of pyridine rings is 2. The van der Waals surface area contributed by atoms with Gasteiger partial charge < -0.3 is 5.73 Å². The molecule has 182 valence electrons. The number of nitrogens with zero attached hydrogens (tertiary/aromatic N) is 4. The minimum Gasteiger partial charge on any atom is -0.386 e. The molecule has 34 heavy (non-hydrogen) atoms. The molecule has 2 aliphatic rings. The lowest BCUT2D eigenvalue weighted by atomic mass is 9.88. The number of carbonyl (C=O) groups is 1. The minimum absolute atomic E-state index is 0.00476. The van der Waals surface area contributed by atoms with Crippen molar-refractivity contribution in [1.82, 2.24) is 9.97 Å². The monoisotopic (exact) mass is 489 g/mol. The second kappa shape index (κ2) is 8.48. The van der Waals surface area contributed by atoms with Crippen LogP contribution in [0, 0.1) is 18.6 Å². The van der Waals surface area contributed by atoms with E-state index in [0.29, 0.717) is 24.2 Å². The molecule has 4 rings (SSSR count). The summed E-state index contributed by atoms with van der Waals surface area (Å²) in [6.07, 6.45) is 2.94. The molecule has 2 aromatic heterocycles. The summed E-state index contributed by atoms with van der Waals surface area (Å²) in [6.45, 7) is 7.29. The Labute approximate surface area is 198 Å². The molecule has 3 atom stereocenters. The number of aryl methyl sites for hydroxylation is 1. The number of halogens is 2. The number of rotatable bonds is 4. The standard InChI is InChI=1S/C24H29F2N5O2S/c1-14-11-15(25)13-28-20(14)18(32)12-16-8-9-17(26)21(30-16)24(4)19-7-5-6-10-29-34(19,33)23(2,3)22(27)31-24/h8-9,11,13,19H,5-7,10,12H2,1-4H3,(H2,27,31)/t19-,24-,34+/m0/s1. The summed E-state index contributed by atoms with van der Waals surface area (Å²) in [6, 6.07) is 3.90. The average molecular weight is 490 g/mol. The second-order valence-corrected chi connectivity index (χ2v) is 12.6. The van der Waals surface area contributed by atoms with E-state index in [4.69, 9.17) is 5.73 Å². The van der Waals surface area contributed by atoms with Gasteiger partial charge in [0.05, 0.1) is 27.6 Å². The van der Waals surface area contributed by atoms with Crippen LogP contribution in [0.4, 0.5) is 8.78 Å². The molecule has 2 aliphatic heterocycles. The predicted molar refractivity (Wildman–Crippen MR) is 127 cm³/mol. The topological polar surface area (TPSA) is 111 Å². The molecule has 2 aromatic rings. The molecule has 0 bridgehead atoms. The highest BCUT2D eigenvalue weighted by atomic mass is 32.2. The predicted octanol–water partition coefficient (Wildman–Crippen LogP) is 3.87. The van der Waals surface area contributed by atoms with E-state index in [1.807, 2.05) is 0 Å². The van der Waals surface area contributed by atoms with Gasteiger partial charge in [-0.2, -0.15) is 0 Å². The Bertz CT molecular complexity index is 1320. The molecule has 7 nitrogen and oxygen atoms in total. The van der Waals surface area contributed by atoms with Crippen LogP contribution in [0.5, 0.6) is 0 Å². The zero-order chi connectivity index (χ0) is 24.9. The third kappa shape index (κ3) is 3.81. The van der Waals surface area contributed by atoms with Crippen LogP contribution >= 0.6 is 0 Å². The van der Waals surface area contributed by atoms with Gasteiger partial charge >= 0.3 is 0 Å². The van der Waals surface area contributed by atoms with E-state index >= 15 is 4.39 Å². The van der Waals surface area contributed by atoms with Crippen molar-refractivity contribution >= 4 is 21.3 Å². The van der Waals surface area contributed by atoms with Crippen LogP contribution in [0.2, 0.25) is 0 Å². The average Bonchev–Trinajstić information content (AvgIpc) is 2.97. The van der Waals surface area contributed by atoms with Gasteiger partial charge in [0.25, 0.3) is 0 Å². The van der Waals surface area contributed by atoms with Gasteiger partial charge in [0.15, 0.2) is 5.78 Å². The van der Waals surface area contributed by atoms with Crippen molar-refractivity contribution in [2.24, 2.45) is 15.1 Å². The van der Waals surface area contributed by atoms with Crippen LogP contribution in [0.25, 0.3) is 0 Å². The van der Waals surface area contributed by atoms with Crippen molar-refractivity contribution in [3.05, 3.63) is 58.7 Å². The molecule has 0 aliphatic carbocycles. The Morgan fingerprint density at radius 2 is 1.97 bits per heavy atom. The number of Topliss-reactive ketones (excluding diaryl/α,β-unsaturated/α-hetero) is 1. The van der Waals surface area contributed by atoms with Gasteiger partial charge in [0.1, 0.15) is 39.1 Å². The van der Waals surface area contributed by atoms with Crippen LogP contribution in [0.1, 0.15) is 67.5 Å². The SMILES string of the molecule is Cc1cc(F)cnc1C(=O)Cc1ccc(F)c([C@@]2(C)N=C(N)C(C)(C)[S@@]3(=O)=NCCCC[C@@H]23)n1. The second-order valence-electron chi connectivity index (χ2n) is 9.61. The summed E-state index contributed by atoms with van der Waals surface area (Å²) < 4.78 is 46.6. The number of amidine groups is 1. The lowest BCUT2D eigenvalue weighted by molar-refractivity contribution is 0.0986. The van der Waals surface area contributed by atoms with Crippen molar-refractivity contribution in [3.8, 4) is 0 Å². The van der Waals surface area contributed by atoms with Crippen LogP contribution in [-0.2, 0) is 21.7 Å². The molecular formula is C24H29F2N5O2S. The lowest BCUT2D eigenvalue weighted by Gasteiger charge is -2.46. The van der Waals surface area contributed by atoms with E-state index in [-0.39, 0.29) is 29.4 Å². The summed E-state index contributed by atoms with van der Waals surface area (Å²) in [5.41, 5.74) is 5.85. The van der Waals surface area contributed by atoms with Crippen LogP contribution in [0.15, 0.2) is 33.8 Å². The van der Waals surface area contributed by atoms with Crippen molar-refractivity contribution in [2.45, 2.75) is 68.9 Å². The van der Waals surface area contributed by atoms with Crippen molar-refractivity contribution in [1.29, 1.82) is 0 Å². The summed E-state index contributed by atoms with van der Waals surface area (Å²) in [4.78, 5) is 25.9. The summed E-state index contributed by atoms with van der Waals surface area (Å²) >= 11 is 0. The summed E-state index contributed by atoms with van der Waals surface area (Å²) in [5.74, 6) is -1.36. The molecule has 10 heteroatoms. The Morgan fingerprint density at radius 3 is 2.68 bits per heavy atom. The summed E-state index contributed by atoms with van der Waals surface area (Å²) in [5, 5.41) is -0.584. The number of aromatic nitrogens is 2. The highest BCUT2D eigenvalue weighted by Crippen LogP contribution is 2.46. The quantitative estimate of drug-likeness (QED) is 0.656. The molecule has 0 saturated carbocycles. The zero-order valence-corrected chi connectivity index (χ0v) is 20.6. The smallest absolute Gasteiger partial charge is 0.187 e. The third-order valence-electron chi connectivity index (χ3n) is 6.90. The maximum atomic E-state index is 15.2. The highest BCUT2D eigenvalue weighted by Gasteiger charge is 2.56. The molecule has 0 aromatic carbocycles. The van der Waals surface area contributed by atoms with E-state index in [0.717, 1.165) is 19.0 Å². The minimum atomic E-state index is -2.91. The number of nitrogens with two attached hydrogens (primary N) is 1. The maximum Gasteiger partial charge on any atom is 0.187 e. The van der Waals surface area contributed by atoms with Gasteiger partial charge in [0.2, 0.25) is 0 Å². The van der Waals surface area contributed by atoms with Gasteiger partial charge in [-0.05, 0) is 64.3 Å². The molecule has 0 amide bonds. The van der Waals surface area contributed by atoms with E-state index < -0.39 is 36.9 Å². The Morgan fingerprint density at radius 1 is 1.24 bits per heavy atom. The molecule has 0 spiro atoms. The van der Waals surface area contributed by atoms with Crippen LogP contribution in [0.3, 0.4) is 0 Å².